The fraction of sp³-hybridized carbons (Fsp3) is 0.0690. The zero-order valence-corrected chi connectivity index (χ0v) is 17.1. The van der Waals surface area contributed by atoms with Gasteiger partial charge in [-0.15, -0.1) is 0 Å². The molecule has 2 heterocycles. The van der Waals surface area contributed by atoms with Crippen molar-refractivity contribution in [3.05, 3.63) is 90.6 Å². The lowest BCUT2D eigenvalue weighted by Gasteiger charge is -2.22. The van der Waals surface area contributed by atoms with E-state index in [0.717, 1.165) is 34.6 Å². The molecule has 0 radical (unpaired) electrons. The number of benzene rings is 5. The van der Waals surface area contributed by atoms with E-state index in [2.05, 4.69) is 85.8 Å². The van der Waals surface area contributed by atoms with Gasteiger partial charge in [0.05, 0.1) is 11.1 Å². The molecule has 1 aliphatic heterocycles. The third-order valence-corrected chi connectivity index (χ3v) is 6.62. The molecule has 0 N–H and O–H groups in total. The summed E-state index contributed by atoms with van der Waals surface area (Å²) in [5.74, 6) is 1.77. The van der Waals surface area contributed by atoms with Crippen LogP contribution in [0.2, 0.25) is 0 Å². The first-order chi connectivity index (χ1) is 15.3. The highest BCUT2D eigenvalue weighted by Gasteiger charge is 2.23. The maximum absolute atomic E-state index is 6.53. The van der Waals surface area contributed by atoms with Crippen molar-refractivity contribution in [3.63, 3.8) is 0 Å². The molecule has 0 unspecified atom stereocenters. The summed E-state index contributed by atoms with van der Waals surface area (Å²) in [5, 5.41) is 9.69. The Kier molecular flexibility index (Phi) is 3.29. The van der Waals surface area contributed by atoms with Crippen molar-refractivity contribution in [3.8, 4) is 22.8 Å². The van der Waals surface area contributed by atoms with Crippen molar-refractivity contribution in [2.24, 2.45) is 0 Å². The zero-order valence-electron chi connectivity index (χ0n) is 17.1. The lowest BCUT2D eigenvalue weighted by atomic mass is 9.92. The maximum Gasteiger partial charge on any atom is 0.138 e. The van der Waals surface area contributed by atoms with Crippen LogP contribution in [0, 0.1) is 0 Å². The van der Waals surface area contributed by atoms with Crippen LogP contribution in [0.25, 0.3) is 54.3 Å². The van der Waals surface area contributed by atoms with Gasteiger partial charge in [-0.1, -0.05) is 61.5 Å². The van der Waals surface area contributed by atoms with Crippen LogP contribution < -0.4 is 4.74 Å². The van der Waals surface area contributed by atoms with Crippen molar-refractivity contribution < 1.29 is 4.74 Å². The number of rotatable bonds is 1. The fourth-order valence-corrected chi connectivity index (χ4v) is 5.03. The monoisotopic (exact) mass is 397 g/mol. The van der Waals surface area contributed by atoms with Crippen LogP contribution in [0.5, 0.6) is 11.5 Å². The van der Waals surface area contributed by atoms with Crippen molar-refractivity contribution in [2.45, 2.75) is 13.3 Å². The summed E-state index contributed by atoms with van der Waals surface area (Å²) >= 11 is 0. The average molecular weight is 397 g/mol. The third kappa shape index (κ3) is 2.30. The fourth-order valence-electron chi connectivity index (χ4n) is 5.03. The Morgan fingerprint density at radius 3 is 2.39 bits per heavy atom. The normalized spacial score (nSPS) is 12.4. The van der Waals surface area contributed by atoms with Gasteiger partial charge >= 0.3 is 0 Å². The van der Waals surface area contributed by atoms with Crippen molar-refractivity contribution in [2.75, 3.05) is 0 Å². The van der Waals surface area contributed by atoms with Gasteiger partial charge < -0.3 is 4.74 Å². The van der Waals surface area contributed by atoms with Crippen LogP contribution in [0.4, 0.5) is 0 Å². The number of aryl methyl sites for hydroxylation is 1. The quantitative estimate of drug-likeness (QED) is 0.262. The molecule has 6 aromatic rings. The molecule has 0 aliphatic carbocycles. The summed E-state index contributed by atoms with van der Waals surface area (Å²) in [6, 6.07) is 28.3. The Morgan fingerprint density at radius 1 is 0.677 bits per heavy atom. The smallest absolute Gasteiger partial charge is 0.138 e. The zero-order chi connectivity index (χ0) is 20.5. The number of hydrogen-bond acceptors (Lipinski definition) is 2. The van der Waals surface area contributed by atoms with E-state index in [-0.39, 0.29) is 0 Å². The molecule has 0 saturated heterocycles. The van der Waals surface area contributed by atoms with Crippen molar-refractivity contribution >= 4 is 43.1 Å². The Hall–Kier alpha value is -3.91. The molecule has 7 rings (SSSR count). The molecule has 0 spiro atoms. The molecule has 0 atom stereocenters. The summed E-state index contributed by atoms with van der Waals surface area (Å²) in [5.41, 5.74) is 3.41. The minimum atomic E-state index is 0.875. The lowest BCUT2D eigenvalue weighted by Crippen LogP contribution is -2.00. The van der Waals surface area contributed by atoms with Gasteiger partial charge in [-0.2, -0.15) is 0 Å². The van der Waals surface area contributed by atoms with Gasteiger partial charge in [0.2, 0.25) is 0 Å². The third-order valence-electron chi connectivity index (χ3n) is 6.62. The van der Waals surface area contributed by atoms with Crippen LogP contribution in [-0.4, -0.2) is 4.98 Å². The SMILES string of the molecule is CCc1ccc2ccc3c4ccnc5c4c(cc3c2c1)Oc1cc2ccccc2cc1-5. The van der Waals surface area contributed by atoms with Crippen LogP contribution in [0.15, 0.2) is 85.1 Å². The molecule has 0 amide bonds. The highest BCUT2D eigenvalue weighted by atomic mass is 16.5. The van der Waals surface area contributed by atoms with Gasteiger partial charge in [0.15, 0.2) is 0 Å². The summed E-state index contributed by atoms with van der Waals surface area (Å²) in [6.07, 6.45) is 2.95. The van der Waals surface area contributed by atoms with E-state index >= 15 is 0 Å². The molecule has 146 valence electrons. The standard InChI is InChI=1S/C29H19NO/c1-2-17-7-8-18-9-10-21-22-11-12-30-29-25-14-19-5-3-4-6-20(19)15-26(25)31-27(28(22)29)16-24(21)23(18)13-17/h3-16H,2H2,1H3. The van der Waals surface area contributed by atoms with E-state index in [1.54, 1.807) is 0 Å². The molecule has 5 aromatic carbocycles. The Labute approximate surface area is 179 Å². The van der Waals surface area contributed by atoms with Crippen LogP contribution >= 0.6 is 0 Å². The Morgan fingerprint density at radius 2 is 1.52 bits per heavy atom. The van der Waals surface area contributed by atoms with Gasteiger partial charge in [0.25, 0.3) is 0 Å². The van der Waals surface area contributed by atoms with Crippen LogP contribution in [0.1, 0.15) is 12.5 Å². The van der Waals surface area contributed by atoms with E-state index < -0.39 is 0 Å². The van der Waals surface area contributed by atoms with Gasteiger partial charge in [-0.05, 0) is 74.0 Å². The van der Waals surface area contributed by atoms with E-state index in [1.807, 2.05) is 6.20 Å². The van der Waals surface area contributed by atoms with Gasteiger partial charge in [-0.25, -0.2) is 0 Å². The molecule has 2 nitrogen and oxygen atoms in total. The van der Waals surface area contributed by atoms with Crippen LogP contribution in [0.3, 0.4) is 0 Å². The molecule has 0 fully saturated rings. The second kappa shape index (κ2) is 6.05. The highest BCUT2D eigenvalue weighted by Crippen LogP contribution is 2.49. The van der Waals surface area contributed by atoms with Gasteiger partial charge in [-0.3, -0.25) is 4.98 Å². The van der Waals surface area contributed by atoms with Crippen LogP contribution in [-0.2, 0) is 6.42 Å². The molecule has 0 saturated carbocycles. The molecule has 2 heteroatoms. The van der Waals surface area contributed by atoms with Gasteiger partial charge in [0.1, 0.15) is 11.5 Å². The Balaban J connectivity index is 1.62. The van der Waals surface area contributed by atoms with Crippen molar-refractivity contribution in [1.82, 2.24) is 4.98 Å². The largest absolute Gasteiger partial charge is 0.456 e. The summed E-state index contributed by atoms with van der Waals surface area (Å²) in [7, 11) is 0. The summed E-state index contributed by atoms with van der Waals surface area (Å²) < 4.78 is 6.53. The lowest BCUT2D eigenvalue weighted by molar-refractivity contribution is 0.488. The molecule has 1 aliphatic rings. The first kappa shape index (κ1) is 16.8. The number of ether oxygens (including phenoxy) is 1. The Bertz CT molecular complexity index is 1700. The minimum absolute atomic E-state index is 0.875. The first-order valence-corrected chi connectivity index (χ1v) is 10.8. The number of aromatic nitrogens is 1. The number of pyridine rings is 1. The predicted molar refractivity (Wildman–Crippen MR) is 129 cm³/mol. The topological polar surface area (TPSA) is 22.1 Å². The highest BCUT2D eigenvalue weighted by molar-refractivity contribution is 6.22. The number of fused-ring (bicyclic) bond motifs is 7. The second-order valence-electron chi connectivity index (χ2n) is 8.32. The maximum atomic E-state index is 6.53. The van der Waals surface area contributed by atoms with E-state index in [1.165, 1.54) is 43.3 Å². The van der Waals surface area contributed by atoms with Crippen molar-refractivity contribution in [1.29, 1.82) is 0 Å². The van der Waals surface area contributed by atoms with E-state index in [0.29, 0.717) is 0 Å². The molecule has 0 bridgehead atoms. The summed E-state index contributed by atoms with van der Waals surface area (Å²) in [4.78, 5) is 4.80. The minimum Gasteiger partial charge on any atom is -0.456 e. The van der Waals surface area contributed by atoms with Gasteiger partial charge in [0, 0.05) is 11.8 Å². The first-order valence-electron chi connectivity index (χ1n) is 10.8. The number of nitrogens with zero attached hydrogens (tertiary/aromatic N) is 1. The number of hydrogen-bond donors (Lipinski definition) is 0. The summed E-state index contributed by atoms with van der Waals surface area (Å²) in [6.45, 7) is 2.20. The molecular formula is C29H19NO. The average Bonchev–Trinajstić information content (AvgIpc) is 2.82. The predicted octanol–water partition coefficient (Wildman–Crippen LogP) is 8.03. The van der Waals surface area contributed by atoms with E-state index in [9.17, 15) is 0 Å². The molecular weight excluding hydrogens is 378 g/mol. The second-order valence-corrected chi connectivity index (χ2v) is 8.32. The molecule has 31 heavy (non-hydrogen) atoms. The van der Waals surface area contributed by atoms with E-state index in [4.69, 9.17) is 9.72 Å². The molecule has 1 aromatic heterocycles.